The van der Waals surface area contributed by atoms with Crippen molar-refractivity contribution in [3.63, 3.8) is 0 Å². The quantitative estimate of drug-likeness (QED) is 0.336. The number of halogens is 5. The van der Waals surface area contributed by atoms with E-state index >= 15 is 0 Å². The van der Waals surface area contributed by atoms with Gasteiger partial charge in [-0.25, -0.2) is 9.97 Å². The van der Waals surface area contributed by atoms with E-state index < -0.39 is 23.0 Å². The van der Waals surface area contributed by atoms with E-state index in [-0.39, 0.29) is 20.9 Å². The molecule has 0 aliphatic heterocycles. The number of amides is 1. The molecule has 0 spiro atoms. The molecule has 10 heteroatoms. The largest absolute Gasteiger partial charge is 0.433 e. The smallest absolute Gasteiger partial charge is 0.324 e. The Morgan fingerprint density at radius 1 is 1.07 bits per heavy atom. The normalized spacial score (nSPS) is 12.5. The van der Waals surface area contributed by atoms with Crippen LogP contribution in [0, 0.1) is 0 Å². The third-order valence-electron chi connectivity index (χ3n) is 3.93. The van der Waals surface area contributed by atoms with Crippen LogP contribution in [0.25, 0.3) is 11.3 Å². The first kappa shape index (κ1) is 22.4. The molecule has 156 valence electrons. The number of benzene rings is 2. The van der Waals surface area contributed by atoms with Gasteiger partial charge in [-0.15, -0.1) is 0 Å². The number of hydrogen-bond donors (Lipinski definition) is 1. The zero-order valence-corrected chi connectivity index (χ0v) is 17.7. The molecule has 0 aliphatic carbocycles. The minimum atomic E-state index is -4.65. The van der Waals surface area contributed by atoms with Gasteiger partial charge in [0.2, 0.25) is 5.91 Å². The summed E-state index contributed by atoms with van der Waals surface area (Å²) in [6.07, 6.45) is -4.65. The van der Waals surface area contributed by atoms with Crippen LogP contribution in [0.2, 0.25) is 10.0 Å². The minimum Gasteiger partial charge on any atom is -0.324 e. The number of carbonyl (C=O) groups is 1. The lowest BCUT2D eigenvalue weighted by Crippen LogP contribution is -2.23. The van der Waals surface area contributed by atoms with Gasteiger partial charge in [0, 0.05) is 5.56 Å². The van der Waals surface area contributed by atoms with Gasteiger partial charge in [0.15, 0.2) is 5.16 Å². The first-order chi connectivity index (χ1) is 14.1. The summed E-state index contributed by atoms with van der Waals surface area (Å²) in [6.45, 7) is 1.53. The Kier molecular flexibility index (Phi) is 6.90. The zero-order valence-electron chi connectivity index (χ0n) is 15.4. The number of nitrogens with one attached hydrogen (secondary N) is 1. The molecule has 4 nitrogen and oxygen atoms in total. The molecule has 0 fully saturated rings. The lowest BCUT2D eigenvalue weighted by atomic mass is 10.1. The molecule has 3 aromatic rings. The van der Waals surface area contributed by atoms with Gasteiger partial charge in [0.25, 0.3) is 0 Å². The van der Waals surface area contributed by atoms with Gasteiger partial charge in [-0.3, -0.25) is 4.79 Å². The Morgan fingerprint density at radius 2 is 1.77 bits per heavy atom. The average Bonchev–Trinajstić information content (AvgIpc) is 2.71. The third kappa shape index (κ3) is 5.44. The minimum absolute atomic E-state index is 0.117. The van der Waals surface area contributed by atoms with Crippen LogP contribution in [-0.4, -0.2) is 21.1 Å². The standard InChI is InChI=1S/C20H14Cl2F3N3OS/c1-11(18(29)26-14-9-5-8-13(21)17(14)22)30-19-27-15(12-6-3-2-4-7-12)10-16(28-19)20(23,24)25/h2-11H,1H3,(H,26,29). The second-order valence-corrected chi connectivity index (χ2v) is 8.23. The van der Waals surface area contributed by atoms with Crippen LogP contribution in [0.1, 0.15) is 12.6 Å². The van der Waals surface area contributed by atoms with Crippen LogP contribution in [-0.2, 0) is 11.0 Å². The van der Waals surface area contributed by atoms with Crippen LogP contribution in [0.5, 0.6) is 0 Å². The van der Waals surface area contributed by atoms with Crippen LogP contribution in [0.3, 0.4) is 0 Å². The van der Waals surface area contributed by atoms with Gasteiger partial charge in [0.05, 0.1) is 26.7 Å². The van der Waals surface area contributed by atoms with Crippen molar-refractivity contribution in [2.24, 2.45) is 0 Å². The van der Waals surface area contributed by atoms with E-state index in [2.05, 4.69) is 15.3 Å². The van der Waals surface area contributed by atoms with E-state index in [1.54, 1.807) is 48.5 Å². The van der Waals surface area contributed by atoms with E-state index in [4.69, 9.17) is 23.2 Å². The molecule has 3 rings (SSSR count). The van der Waals surface area contributed by atoms with Crippen molar-refractivity contribution in [2.75, 3.05) is 5.32 Å². The molecule has 1 aromatic heterocycles. The number of hydrogen-bond acceptors (Lipinski definition) is 4. The second-order valence-electron chi connectivity index (χ2n) is 6.14. The summed E-state index contributed by atoms with van der Waals surface area (Å²) in [4.78, 5) is 20.3. The van der Waals surface area contributed by atoms with Crippen LogP contribution in [0.4, 0.5) is 18.9 Å². The van der Waals surface area contributed by atoms with E-state index in [1.165, 1.54) is 6.92 Å². The van der Waals surface area contributed by atoms with Gasteiger partial charge < -0.3 is 5.32 Å². The molecule has 1 atom stereocenters. The van der Waals surface area contributed by atoms with Crippen molar-refractivity contribution in [1.29, 1.82) is 0 Å². The van der Waals surface area contributed by atoms with Crippen LogP contribution in [0.15, 0.2) is 59.8 Å². The molecule has 1 amide bonds. The Bertz CT molecular complexity index is 1060. The highest BCUT2D eigenvalue weighted by atomic mass is 35.5. The molecule has 0 aliphatic rings. The fourth-order valence-electron chi connectivity index (χ4n) is 2.43. The maximum absolute atomic E-state index is 13.3. The predicted molar refractivity (Wildman–Crippen MR) is 113 cm³/mol. The first-order valence-corrected chi connectivity index (χ1v) is 10.2. The van der Waals surface area contributed by atoms with E-state index in [9.17, 15) is 18.0 Å². The molecular weight excluding hydrogens is 458 g/mol. The van der Waals surface area contributed by atoms with E-state index in [0.29, 0.717) is 11.3 Å². The van der Waals surface area contributed by atoms with Crippen molar-refractivity contribution in [3.8, 4) is 11.3 Å². The van der Waals surface area contributed by atoms with Gasteiger partial charge in [-0.1, -0.05) is 71.4 Å². The maximum Gasteiger partial charge on any atom is 0.433 e. The second kappa shape index (κ2) is 9.24. The van der Waals surface area contributed by atoms with Gasteiger partial charge in [-0.2, -0.15) is 13.2 Å². The molecule has 0 radical (unpaired) electrons. The monoisotopic (exact) mass is 471 g/mol. The molecule has 0 saturated carbocycles. The Labute approximate surface area is 184 Å². The molecule has 30 heavy (non-hydrogen) atoms. The highest BCUT2D eigenvalue weighted by Gasteiger charge is 2.34. The van der Waals surface area contributed by atoms with E-state index in [1.807, 2.05) is 0 Å². The van der Waals surface area contributed by atoms with Crippen LogP contribution >= 0.6 is 35.0 Å². The number of rotatable bonds is 5. The Morgan fingerprint density at radius 3 is 2.43 bits per heavy atom. The zero-order chi connectivity index (χ0) is 21.9. The summed E-state index contributed by atoms with van der Waals surface area (Å²) in [5, 5.41) is 2.09. The number of anilines is 1. The Balaban J connectivity index is 1.86. The predicted octanol–water partition coefficient (Wildman–Crippen LogP) is 6.59. The number of aromatic nitrogens is 2. The highest BCUT2D eigenvalue weighted by Crippen LogP contribution is 2.34. The Hall–Kier alpha value is -2.29. The lowest BCUT2D eigenvalue weighted by Gasteiger charge is -2.14. The van der Waals surface area contributed by atoms with Gasteiger partial charge >= 0.3 is 6.18 Å². The fraction of sp³-hybridized carbons (Fsp3) is 0.150. The highest BCUT2D eigenvalue weighted by molar-refractivity contribution is 8.00. The average molecular weight is 472 g/mol. The summed E-state index contributed by atoms with van der Waals surface area (Å²) in [5.74, 6) is -0.480. The summed E-state index contributed by atoms with van der Waals surface area (Å²) >= 11 is 12.8. The summed E-state index contributed by atoms with van der Waals surface area (Å²) < 4.78 is 40.0. The molecule has 1 heterocycles. The van der Waals surface area contributed by atoms with Crippen molar-refractivity contribution in [2.45, 2.75) is 23.5 Å². The third-order valence-corrected chi connectivity index (χ3v) is 5.71. The maximum atomic E-state index is 13.3. The first-order valence-electron chi connectivity index (χ1n) is 8.58. The fourth-order valence-corrected chi connectivity index (χ4v) is 3.56. The molecule has 2 aromatic carbocycles. The summed E-state index contributed by atoms with van der Waals surface area (Å²) in [5.41, 5.74) is -0.151. The van der Waals surface area contributed by atoms with Crippen molar-refractivity contribution in [3.05, 3.63) is 70.3 Å². The van der Waals surface area contributed by atoms with Crippen molar-refractivity contribution >= 4 is 46.6 Å². The topological polar surface area (TPSA) is 54.9 Å². The number of alkyl halides is 3. The van der Waals surface area contributed by atoms with Gasteiger partial charge in [0.1, 0.15) is 5.69 Å². The van der Waals surface area contributed by atoms with Crippen LogP contribution < -0.4 is 5.32 Å². The van der Waals surface area contributed by atoms with Crippen molar-refractivity contribution in [1.82, 2.24) is 9.97 Å². The molecule has 0 saturated heterocycles. The lowest BCUT2D eigenvalue weighted by molar-refractivity contribution is -0.141. The van der Waals surface area contributed by atoms with E-state index in [0.717, 1.165) is 17.8 Å². The molecule has 0 bridgehead atoms. The summed E-state index contributed by atoms with van der Waals surface area (Å²) in [6, 6.07) is 14.1. The SMILES string of the molecule is CC(Sc1nc(-c2ccccc2)cc(C(F)(F)F)n1)C(=O)Nc1cccc(Cl)c1Cl. The molecular formula is C20H14Cl2F3N3OS. The molecule has 1 unspecified atom stereocenters. The summed E-state index contributed by atoms with van der Waals surface area (Å²) in [7, 11) is 0. The number of nitrogens with zero attached hydrogens (tertiary/aromatic N) is 2. The number of thioether (sulfide) groups is 1. The number of carbonyl (C=O) groups excluding carboxylic acids is 1. The van der Waals surface area contributed by atoms with Crippen molar-refractivity contribution < 1.29 is 18.0 Å². The van der Waals surface area contributed by atoms with Gasteiger partial charge in [-0.05, 0) is 25.1 Å². The molecule has 1 N–H and O–H groups in total.